The van der Waals surface area contributed by atoms with Crippen molar-refractivity contribution in [3.05, 3.63) is 107 Å². The van der Waals surface area contributed by atoms with E-state index in [1.807, 2.05) is 77.2 Å². The molecule has 4 bridgehead atoms. The number of carbonyl (C=O) groups is 2. The molecule has 0 aliphatic carbocycles. The average Bonchev–Trinajstić information content (AvgIpc) is 3.33. The summed E-state index contributed by atoms with van der Waals surface area (Å²) in [5.41, 5.74) is 3.56. The summed E-state index contributed by atoms with van der Waals surface area (Å²) in [5.74, 6) is 1.48. The number of para-hydroxylation sites is 1. The molecule has 2 heterocycles. The maximum absolute atomic E-state index is 13.9. The van der Waals surface area contributed by atoms with Crippen LogP contribution < -0.4 is 9.64 Å². The minimum atomic E-state index is -0.674. The topological polar surface area (TPSA) is 101 Å². The molecule has 0 spiro atoms. The molecule has 1 aliphatic heterocycles. The fourth-order valence-electron chi connectivity index (χ4n) is 5.28. The highest BCUT2D eigenvalue weighted by Gasteiger charge is 2.26. The van der Waals surface area contributed by atoms with E-state index in [0.717, 1.165) is 22.6 Å². The van der Waals surface area contributed by atoms with Crippen molar-refractivity contribution < 1.29 is 19.1 Å². The van der Waals surface area contributed by atoms with Gasteiger partial charge >= 0.3 is 6.09 Å². The first-order valence-corrected chi connectivity index (χ1v) is 14.8. The molecule has 0 saturated carbocycles. The number of hydrogen-bond donors (Lipinski definition) is 0. The van der Waals surface area contributed by atoms with Gasteiger partial charge in [0.25, 0.3) is 5.91 Å². The lowest BCUT2D eigenvalue weighted by Crippen LogP contribution is -2.38. The van der Waals surface area contributed by atoms with Crippen molar-refractivity contribution in [3.8, 4) is 17.6 Å². The highest BCUT2D eigenvalue weighted by Crippen LogP contribution is 2.30. The van der Waals surface area contributed by atoms with Gasteiger partial charge in [0.1, 0.15) is 29.0 Å². The van der Waals surface area contributed by atoms with E-state index < -0.39 is 11.7 Å². The van der Waals surface area contributed by atoms with E-state index in [-0.39, 0.29) is 12.5 Å². The van der Waals surface area contributed by atoms with Gasteiger partial charge in [-0.05, 0) is 82.1 Å². The molecule has 2 amide bonds. The molecular formula is C35H37N5O4. The number of hydrogen-bond acceptors (Lipinski definition) is 6. The number of carbonyl (C=O) groups excluding carboxylic acids is 2. The molecule has 0 unspecified atom stereocenters. The summed E-state index contributed by atoms with van der Waals surface area (Å²) in [7, 11) is 0. The number of aromatic nitrogens is 2. The molecule has 0 radical (unpaired) electrons. The number of benzene rings is 3. The van der Waals surface area contributed by atoms with Crippen LogP contribution in [0.15, 0.2) is 72.9 Å². The van der Waals surface area contributed by atoms with E-state index in [9.17, 15) is 14.9 Å². The zero-order valence-corrected chi connectivity index (χ0v) is 25.8. The van der Waals surface area contributed by atoms with Crippen molar-refractivity contribution in [2.75, 3.05) is 18.0 Å². The first kappa shape index (κ1) is 30.4. The lowest BCUT2D eigenvalue weighted by Gasteiger charge is -2.30. The molecule has 5 rings (SSSR count). The Bertz CT molecular complexity index is 1730. The van der Waals surface area contributed by atoms with E-state index in [1.54, 1.807) is 40.1 Å². The molecule has 44 heavy (non-hydrogen) atoms. The number of ether oxygens (including phenoxy) is 2. The predicted octanol–water partition coefficient (Wildman–Crippen LogP) is 6.86. The van der Waals surface area contributed by atoms with Gasteiger partial charge in [0.15, 0.2) is 0 Å². The number of aryl methyl sites for hydroxylation is 1. The summed E-state index contributed by atoms with van der Waals surface area (Å²) < 4.78 is 14.1. The molecular weight excluding hydrogens is 554 g/mol. The Morgan fingerprint density at radius 2 is 1.86 bits per heavy atom. The molecule has 0 fully saturated rings. The SMILES string of the molecule is CCN1C(=O)c2cccc(c2)Oc2cc(ccc2C#N)Cn2c(cnc2C)CCN(C(=O)OC(C)(C)C)Cc2ccccc21. The number of nitrogens with zero attached hydrogens (tertiary/aromatic N) is 5. The van der Waals surface area contributed by atoms with Gasteiger partial charge in [-0.2, -0.15) is 5.26 Å². The third-order valence-electron chi connectivity index (χ3n) is 7.45. The second-order valence-corrected chi connectivity index (χ2v) is 11.8. The van der Waals surface area contributed by atoms with Gasteiger partial charge in [0.05, 0.1) is 12.1 Å². The van der Waals surface area contributed by atoms with E-state index in [0.29, 0.717) is 54.4 Å². The van der Waals surface area contributed by atoms with Crippen molar-refractivity contribution in [1.29, 1.82) is 5.26 Å². The number of imidazole rings is 1. The first-order chi connectivity index (χ1) is 21.1. The van der Waals surface area contributed by atoms with Crippen LogP contribution in [0.4, 0.5) is 10.5 Å². The fraction of sp³-hybridized carbons (Fsp3) is 0.314. The molecule has 9 heteroatoms. The normalized spacial score (nSPS) is 14.0. The maximum atomic E-state index is 13.9. The Hall–Kier alpha value is -5.10. The summed E-state index contributed by atoms with van der Waals surface area (Å²) in [6.45, 7) is 10.9. The number of nitriles is 1. The Morgan fingerprint density at radius 3 is 2.61 bits per heavy atom. The summed E-state index contributed by atoms with van der Waals surface area (Å²) in [6, 6.07) is 22.3. The lowest BCUT2D eigenvalue weighted by atomic mass is 10.1. The third kappa shape index (κ3) is 6.76. The monoisotopic (exact) mass is 591 g/mol. The minimum absolute atomic E-state index is 0.205. The van der Waals surface area contributed by atoms with Crippen LogP contribution in [0.25, 0.3) is 0 Å². The molecule has 1 aliphatic rings. The van der Waals surface area contributed by atoms with Gasteiger partial charge in [-0.25, -0.2) is 9.78 Å². The smallest absolute Gasteiger partial charge is 0.410 e. The number of anilines is 1. The number of rotatable bonds is 1. The predicted molar refractivity (Wildman–Crippen MR) is 168 cm³/mol. The first-order valence-electron chi connectivity index (χ1n) is 14.8. The summed E-state index contributed by atoms with van der Waals surface area (Å²) in [6.07, 6.45) is 1.93. The molecule has 4 aromatic rings. The zero-order valence-electron chi connectivity index (χ0n) is 25.8. The lowest BCUT2D eigenvalue weighted by molar-refractivity contribution is 0.0235. The van der Waals surface area contributed by atoms with Gasteiger partial charge in [-0.15, -0.1) is 0 Å². The van der Waals surface area contributed by atoms with E-state index in [2.05, 4.69) is 15.6 Å². The summed E-state index contributed by atoms with van der Waals surface area (Å²) in [4.78, 5) is 35.4. The van der Waals surface area contributed by atoms with Crippen molar-refractivity contribution >= 4 is 17.7 Å². The van der Waals surface area contributed by atoms with Gasteiger partial charge in [0, 0.05) is 49.2 Å². The molecule has 1 aromatic heterocycles. The number of amides is 2. The largest absolute Gasteiger partial charge is 0.456 e. The quantitative estimate of drug-likeness (QED) is 0.240. The van der Waals surface area contributed by atoms with E-state index >= 15 is 0 Å². The van der Waals surface area contributed by atoms with Crippen LogP contribution in [0.2, 0.25) is 0 Å². The third-order valence-corrected chi connectivity index (χ3v) is 7.45. The molecule has 0 N–H and O–H groups in total. The molecule has 0 saturated heterocycles. The second-order valence-electron chi connectivity index (χ2n) is 11.8. The zero-order chi connectivity index (χ0) is 31.4. The molecule has 9 nitrogen and oxygen atoms in total. The van der Waals surface area contributed by atoms with E-state index in [1.165, 1.54) is 0 Å². The van der Waals surface area contributed by atoms with Crippen molar-refractivity contribution in [1.82, 2.24) is 14.5 Å². The van der Waals surface area contributed by atoms with Crippen LogP contribution in [0.1, 0.15) is 66.3 Å². The minimum Gasteiger partial charge on any atom is -0.456 e. The molecule has 0 atom stereocenters. The van der Waals surface area contributed by atoms with Crippen LogP contribution in [-0.4, -0.2) is 45.1 Å². The Morgan fingerprint density at radius 1 is 1.07 bits per heavy atom. The van der Waals surface area contributed by atoms with Gasteiger partial charge in [-0.1, -0.05) is 30.3 Å². The highest BCUT2D eigenvalue weighted by molar-refractivity contribution is 6.06. The summed E-state index contributed by atoms with van der Waals surface area (Å²) >= 11 is 0. The van der Waals surface area contributed by atoms with Gasteiger partial charge in [-0.3, -0.25) is 4.79 Å². The Kier molecular flexibility index (Phi) is 8.72. The Balaban J connectivity index is 1.64. The van der Waals surface area contributed by atoms with Crippen LogP contribution in [-0.2, 0) is 24.2 Å². The summed E-state index contributed by atoms with van der Waals surface area (Å²) in [5, 5.41) is 9.80. The van der Waals surface area contributed by atoms with Gasteiger partial charge in [0.2, 0.25) is 0 Å². The van der Waals surface area contributed by atoms with Crippen LogP contribution in [0, 0.1) is 18.3 Å². The van der Waals surface area contributed by atoms with Crippen molar-refractivity contribution in [3.63, 3.8) is 0 Å². The van der Waals surface area contributed by atoms with E-state index in [4.69, 9.17) is 9.47 Å². The maximum Gasteiger partial charge on any atom is 0.410 e. The van der Waals surface area contributed by atoms with Crippen molar-refractivity contribution in [2.45, 2.75) is 59.7 Å². The van der Waals surface area contributed by atoms with Gasteiger partial charge < -0.3 is 23.8 Å². The fourth-order valence-corrected chi connectivity index (χ4v) is 5.28. The highest BCUT2D eigenvalue weighted by atomic mass is 16.6. The van der Waals surface area contributed by atoms with Crippen molar-refractivity contribution in [2.24, 2.45) is 0 Å². The Labute approximate surface area is 258 Å². The average molecular weight is 592 g/mol. The van der Waals surface area contributed by atoms with Crippen LogP contribution >= 0.6 is 0 Å². The van der Waals surface area contributed by atoms with Crippen LogP contribution in [0.5, 0.6) is 11.5 Å². The standard InChI is InChI=1S/C35H37N5O4/c1-6-39-31-13-8-7-10-28(31)23-38(34(42)44-35(3,4)5)17-16-29-21-37-24(2)40(29)22-25-14-15-27(20-36)32(18-25)43-30-12-9-11-26(19-30)33(39)41/h7-15,18-19,21H,6,16-17,22-23H2,1-5H3. The number of fused-ring (bicyclic) bond motifs is 6. The molecule has 226 valence electrons. The van der Waals surface area contributed by atoms with Crippen LogP contribution in [0.3, 0.4) is 0 Å². The molecule has 3 aromatic carbocycles. The second kappa shape index (κ2) is 12.6.